The van der Waals surface area contributed by atoms with Crippen LogP contribution >= 0.6 is 0 Å². The minimum atomic E-state index is -1.39. The summed E-state index contributed by atoms with van der Waals surface area (Å²) in [5, 5.41) is 36.0. The van der Waals surface area contributed by atoms with Crippen LogP contribution in [0.25, 0.3) is 11.0 Å². The van der Waals surface area contributed by atoms with Gasteiger partial charge in [-0.3, -0.25) is 0 Å². The molecule has 1 saturated heterocycles. The van der Waals surface area contributed by atoms with Crippen molar-refractivity contribution in [2.45, 2.75) is 71.2 Å². The maximum Gasteiger partial charge on any atom is 0.349 e. The number of rotatable bonds is 7. The van der Waals surface area contributed by atoms with Crippen molar-refractivity contribution in [3.63, 3.8) is 0 Å². The summed E-state index contributed by atoms with van der Waals surface area (Å²) in [5.74, 6) is -0.0240. The molecule has 0 bridgehead atoms. The summed E-state index contributed by atoms with van der Waals surface area (Å²) >= 11 is 0. The first-order valence-corrected chi connectivity index (χ1v) is 10.8. The molecule has 10 nitrogen and oxygen atoms in total. The largest absolute Gasteiger partial charge is 0.506 e. The van der Waals surface area contributed by atoms with Crippen LogP contribution in [-0.2, 0) is 14.3 Å². The lowest BCUT2D eigenvalue weighted by atomic mass is 9.89. The number of nitrogens with zero attached hydrogens (tertiary/aromatic N) is 1. The molecule has 0 saturated carbocycles. The van der Waals surface area contributed by atoms with Gasteiger partial charge in [0.2, 0.25) is 6.29 Å². The van der Waals surface area contributed by atoms with Crippen molar-refractivity contribution in [3.05, 3.63) is 33.7 Å². The highest BCUT2D eigenvalue weighted by atomic mass is 16.7. The van der Waals surface area contributed by atoms with Crippen molar-refractivity contribution in [3.8, 4) is 11.5 Å². The number of ether oxygens (including phenoxy) is 3. The molecule has 33 heavy (non-hydrogen) atoms. The molecule has 182 valence electrons. The molecule has 3 rings (SSSR count). The molecule has 1 fully saturated rings. The van der Waals surface area contributed by atoms with Gasteiger partial charge in [0.25, 0.3) is 0 Å². The minimum Gasteiger partial charge on any atom is -0.506 e. The van der Waals surface area contributed by atoms with Gasteiger partial charge in [0.05, 0.1) is 16.7 Å². The molecule has 1 aromatic carbocycles. The third-order valence-corrected chi connectivity index (χ3v) is 5.72. The Morgan fingerprint density at radius 3 is 2.52 bits per heavy atom. The summed E-state index contributed by atoms with van der Waals surface area (Å²) in [6.07, 6.45) is -4.25. The zero-order valence-electron chi connectivity index (χ0n) is 19.6. The fourth-order valence-corrected chi connectivity index (χ4v) is 4.01. The Morgan fingerprint density at radius 1 is 1.21 bits per heavy atom. The maximum atomic E-state index is 12.7. The van der Waals surface area contributed by atoms with Crippen LogP contribution < -0.4 is 10.4 Å². The van der Waals surface area contributed by atoms with Crippen LogP contribution in [0.3, 0.4) is 0 Å². The van der Waals surface area contributed by atoms with Crippen LogP contribution in [0.1, 0.15) is 45.2 Å². The summed E-state index contributed by atoms with van der Waals surface area (Å²) in [6.45, 7) is 8.93. The van der Waals surface area contributed by atoms with E-state index in [-0.39, 0.29) is 33.7 Å². The van der Waals surface area contributed by atoms with Gasteiger partial charge >= 0.3 is 5.63 Å². The SMILES string of the molecule is CCON=C(CC)c1c(O)c2ccc(O[C@@H]3OC(C)(C)[C@H](OC)[C@H](O)[C@H]3O)c(C)c2oc1=O. The van der Waals surface area contributed by atoms with E-state index in [1.54, 1.807) is 40.7 Å². The predicted octanol–water partition coefficient (Wildman–Crippen LogP) is 2.21. The number of aliphatic hydroxyl groups is 2. The Labute approximate surface area is 191 Å². The lowest BCUT2D eigenvalue weighted by molar-refractivity contribution is -0.306. The molecule has 0 spiro atoms. The summed E-state index contributed by atoms with van der Waals surface area (Å²) in [6, 6.07) is 3.09. The van der Waals surface area contributed by atoms with E-state index >= 15 is 0 Å². The van der Waals surface area contributed by atoms with Crippen LogP contribution in [0.2, 0.25) is 0 Å². The van der Waals surface area contributed by atoms with Crippen molar-refractivity contribution < 1.29 is 38.8 Å². The lowest BCUT2D eigenvalue weighted by Crippen LogP contribution is -2.63. The Hall–Kier alpha value is -2.66. The van der Waals surface area contributed by atoms with Crippen LogP contribution in [0.4, 0.5) is 0 Å². The summed E-state index contributed by atoms with van der Waals surface area (Å²) in [7, 11) is 1.42. The smallest absolute Gasteiger partial charge is 0.349 e. The van der Waals surface area contributed by atoms with Gasteiger partial charge in [-0.1, -0.05) is 12.1 Å². The third-order valence-electron chi connectivity index (χ3n) is 5.72. The average molecular weight is 465 g/mol. The van der Waals surface area contributed by atoms with Crippen LogP contribution in [-0.4, -0.2) is 65.0 Å². The minimum absolute atomic E-state index is 0.0620. The topological polar surface area (TPSA) is 140 Å². The number of aliphatic hydroxyl groups excluding tert-OH is 2. The molecule has 0 radical (unpaired) electrons. The molecule has 1 aliphatic heterocycles. The van der Waals surface area contributed by atoms with E-state index in [0.29, 0.717) is 18.6 Å². The maximum absolute atomic E-state index is 12.7. The van der Waals surface area contributed by atoms with E-state index in [0.717, 1.165) is 0 Å². The number of oxime groups is 1. The second kappa shape index (κ2) is 9.68. The molecule has 1 aromatic heterocycles. The van der Waals surface area contributed by atoms with Gasteiger partial charge in [-0.25, -0.2) is 4.79 Å². The predicted molar refractivity (Wildman–Crippen MR) is 120 cm³/mol. The molecule has 4 atom stereocenters. The molecular formula is C23H31NO9. The molecule has 1 aliphatic rings. The summed E-state index contributed by atoms with van der Waals surface area (Å²) in [4.78, 5) is 17.8. The van der Waals surface area contributed by atoms with E-state index in [9.17, 15) is 20.1 Å². The van der Waals surface area contributed by atoms with Gasteiger partial charge in [0, 0.05) is 12.7 Å². The molecule has 2 aromatic rings. The first-order chi connectivity index (χ1) is 15.6. The number of aromatic hydroxyl groups is 1. The number of hydrogen-bond acceptors (Lipinski definition) is 10. The van der Waals surface area contributed by atoms with E-state index in [4.69, 9.17) is 23.5 Å². The van der Waals surface area contributed by atoms with Crippen LogP contribution in [0, 0.1) is 6.92 Å². The van der Waals surface area contributed by atoms with Crippen molar-refractivity contribution in [1.29, 1.82) is 0 Å². The van der Waals surface area contributed by atoms with Gasteiger partial charge in [0.1, 0.15) is 47.6 Å². The Bertz CT molecular complexity index is 1090. The summed E-state index contributed by atoms with van der Waals surface area (Å²) < 4.78 is 22.5. The van der Waals surface area contributed by atoms with E-state index in [1.165, 1.54) is 13.2 Å². The first-order valence-electron chi connectivity index (χ1n) is 10.8. The van der Waals surface area contributed by atoms with Gasteiger partial charge < -0.3 is 38.8 Å². The second-order valence-electron chi connectivity index (χ2n) is 8.33. The van der Waals surface area contributed by atoms with Gasteiger partial charge in [-0.05, 0) is 46.2 Å². The molecule has 0 aliphatic carbocycles. The highest BCUT2D eigenvalue weighted by molar-refractivity contribution is 6.06. The molecular weight excluding hydrogens is 434 g/mol. The van der Waals surface area contributed by atoms with Crippen molar-refractivity contribution >= 4 is 16.7 Å². The number of aryl methyl sites for hydroxylation is 1. The molecule has 10 heteroatoms. The summed E-state index contributed by atoms with van der Waals surface area (Å²) in [5.41, 5.74) is -0.986. The second-order valence-corrected chi connectivity index (χ2v) is 8.33. The lowest BCUT2D eigenvalue weighted by Gasteiger charge is -2.46. The molecule has 2 heterocycles. The Kier molecular flexibility index (Phi) is 7.32. The van der Waals surface area contributed by atoms with E-state index in [2.05, 4.69) is 5.16 Å². The molecule has 0 amide bonds. The number of fused-ring (bicyclic) bond motifs is 1. The van der Waals surface area contributed by atoms with E-state index in [1.807, 2.05) is 0 Å². The monoisotopic (exact) mass is 465 g/mol. The highest BCUT2D eigenvalue weighted by Gasteiger charge is 2.50. The van der Waals surface area contributed by atoms with Gasteiger partial charge in [0.15, 0.2) is 0 Å². The Morgan fingerprint density at radius 2 is 1.91 bits per heavy atom. The van der Waals surface area contributed by atoms with Gasteiger partial charge in [-0.15, -0.1) is 0 Å². The quantitative estimate of drug-likeness (QED) is 0.319. The Balaban J connectivity index is 2.01. The normalized spacial score (nSPS) is 25.3. The number of benzene rings is 1. The molecule has 0 unspecified atom stereocenters. The average Bonchev–Trinajstić information content (AvgIpc) is 2.76. The highest BCUT2D eigenvalue weighted by Crippen LogP contribution is 2.37. The van der Waals surface area contributed by atoms with E-state index < -0.39 is 35.8 Å². The zero-order valence-corrected chi connectivity index (χ0v) is 19.6. The standard InChI is InChI=1S/C23H31NO9/c1-7-13(24-30-8-2)15-16(25)12-9-10-14(11(3)19(12)32-21(15)28)31-22-18(27)17(26)20(29-6)23(4,5)33-22/h9-10,17-18,20,22,25-27H,7-8H2,1-6H3/t17-,18-,20-,22-/m1/s1. The van der Waals surface area contributed by atoms with Gasteiger partial charge in [-0.2, -0.15) is 0 Å². The fourth-order valence-electron chi connectivity index (χ4n) is 4.01. The number of methoxy groups -OCH3 is 1. The van der Waals surface area contributed by atoms with Crippen molar-refractivity contribution in [2.24, 2.45) is 5.16 Å². The molecule has 3 N–H and O–H groups in total. The van der Waals surface area contributed by atoms with Crippen molar-refractivity contribution in [1.82, 2.24) is 0 Å². The first kappa shape index (κ1) is 25.0. The third kappa shape index (κ3) is 4.56. The van der Waals surface area contributed by atoms with Crippen LogP contribution in [0.5, 0.6) is 11.5 Å². The zero-order chi connectivity index (χ0) is 24.5. The van der Waals surface area contributed by atoms with Crippen molar-refractivity contribution in [2.75, 3.05) is 13.7 Å². The fraction of sp³-hybridized carbons (Fsp3) is 0.565. The van der Waals surface area contributed by atoms with Crippen LogP contribution in [0.15, 0.2) is 26.5 Å². The number of hydrogen-bond donors (Lipinski definition) is 3.